The first-order valence-electron chi connectivity index (χ1n) is 8.19. The third-order valence-corrected chi connectivity index (χ3v) is 4.40. The van der Waals surface area contributed by atoms with Crippen LogP contribution in [0.15, 0.2) is 0 Å². The number of carbonyl (C=O) groups is 2. The smallest absolute Gasteiger partial charge is 0.248 e. The predicted octanol–water partition coefficient (Wildman–Crippen LogP) is 1.30. The van der Waals surface area contributed by atoms with Gasteiger partial charge in [-0.1, -0.05) is 13.8 Å². The Morgan fingerprint density at radius 1 is 1.24 bits per heavy atom. The Bertz CT molecular complexity index is 391. The summed E-state index contributed by atoms with van der Waals surface area (Å²) in [6.45, 7) is 6.62. The quantitative estimate of drug-likeness (QED) is 0.776. The van der Waals surface area contributed by atoms with Crippen molar-refractivity contribution in [1.29, 1.82) is 0 Å². The van der Waals surface area contributed by atoms with Gasteiger partial charge in [0.1, 0.15) is 6.04 Å². The lowest BCUT2D eigenvalue weighted by atomic mass is 10.0. The molecule has 3 unspecified atom stereocenters. The lowest BCUT2D eigenvalue weighted by Gasteiger charge is -2.31. The average Bonchev–Trinajstić information content (AvgIpc) is 3.15. The van der Waals surface area contributed by atoms with Gasteiger partial charge in [-0.2, -0.15) is 0 Å². The zero-order valence-electron chi connectivity index (χ0n) is 13.3. The zero-order chi connectivity index (χ0) is 15.6. The molecule has 5 heteroatoms. The number of aliphatic hydroxyl groups excluding tert-OH is 1. The second kappa shape index (κ2) is 6.77. The van der Waals surface area contributed by atoms with Crippen molar-refractivity contribution in [3.05, 3.63) is 0 Å². The van der Waals surface area contributed by atoms with E-state index in [0.29, 0.717) is 5.92 Å². The Kier molecular flexibility index (Phi) is 5.25. The number of nitrogens with zero attached hydrogens (tertiary/aromatic N) is 1. The molecule has 1 saturated carbocycles. The van der Waals surface area contributed by atoms with Crippen molar-refractivity contribution >= 4 is 11.8 Å². The monoisotopic (exact) mass is 296 g/mol. The Labute approximate surface area is 127 Å². The van der Waals surface area contributed by atoms with Crippen molar-refractivity contribution in [2.45, 2.75) is 71.1 Å². The van der Waals surface area contributed by atoms with Gasteiger partial charge < -0.3 is 15.3 Å². The Balaban J connectivity index is 2.00. The van der Waals surface area contributed by atoms with Crippen molar-refractivity contribution in [2.75, 3.05) is 6.54 Å². The van der Waals surface area contributed by atoms with E-state index in [0.717, 1.165) is 38.6 Å². The van der Waals surface area contributed by atoms with E-state index in [2.05, 4.69) is 19.2 Å². The lowest BCUT2D eigenvalue weighted by Crippen LogP contribution is -2.55. The van der Waals surface area contributed by atoms with Crippen LogP contribution in [0, 0.1) is 11.8 Å². The molecule has 0 spiro atoms. The van der Waals surface area contributed by atoms with Gasteiger partial charge in [-0.15, -0.1) is 0 Å². The van der Waals surface area contributed by atoms with E-state index in [1.54, 1.807) is 6.92 Å². The van der Waals surface area contributed by atoms with Crippen LogP contribution in [-0.2, 0) is 9.59 Å². The van der Waals surface area contributed by atoms with E-state index in [1.807, 2.05) is 4.90 Å². The zero-order valence-corrected chi connectivity index (χ0v) is 13.3. The Hall–Kier alpha value is -1.10. The molecule has 0 aromatic heterocycles. The highest BCUT2D eigenvalue weighted by molar-refractivity contribution is 5.90. The number of rotatable bonds is 6. The van der Waals surface area contributed by atoms with Gasteiger partial charge in [0.05, 0.1) is 6.10 Å². The van der Waals surface area contributed by atoms with Crippen LogP contribution in [0.3, 0.4) is 0 Å². The summed E-state index contributed by atoms with van der Waals surface area (Å²) in [5.74, 6) is 0.370. The first-order chi connectivity index (χ1) is 9.90. The van der Waals surface area contributed by atoms with Gasteiger partial charge >= 0.3 is 0 Å². The van der Waals surface area contributed by atoms with E-state index in [9.17, 15) is 14.7 Å². The summed E-state index contributed by atoms with van der Waals surface area (Å²) in [6, 6.07) is -0.553. The lowest BCUT2D eigenvalue weighted by molar-refractivity contribution is -0.140. The third kappa shape index (κ3) is 4.19. The summed E-state index contributed by atoms with van der Waals surface area (Å²) >= 11 is 0. The molecule has 21 heavy (non-hydrogen) atoms. The highest BCUT2D eigenvalue weighted by atomic mass is 16.3. The number of carbonyl (C=O) groups excluding carboxylic acids is 2. The van der Waals surface area contributed by atoms with Gasteiger partial charge in [0.15, 0.2) is 0 Å². The largest absolute Gasteiger partial charge is 0.391 e. The third-order valence-electron chi connectivity index (χ3n) is 4.40. The number of nitrogens with one attached hydrogen (secondary N) is 1. The minimum absolute atomic E-state index is 0.0455. The van der Waals surface area contributed by atoms with Crippen LogP contribution in [0.1, 0.15) is 52.9 Å². The predicted molar refractivity (Wildman–Crippen MR) is 80.5 cm³/mol. The fourth-order valence-electron chi connectivity index (χ4n) is 3.10. The first-order valence-corrected chi connectivity index (χ1v) is 8.19. The average molecular weight is 296 g/mol. The fourth-order valence-corrected chi connectivity index (χ4v) is 3.10. The van der Waals surface area contributed by atoms with E-state index >= 15 is 0 Å². The van der Waals surface area contributed by atoms with Gasteiger partial charge in [-0.3, -0.25) is 9.59 Å². The van der Waals surface area contributed by atoms with Crippen LogP contribution in [0.4, 0.5) is 0 Å². The molecule has 2 amide bonds. The van der Waals surface area contributed by atoms with E-state index in [-0.39, 0.29) is 23.8 Å². The maximum absolute atomic E-state index is 12.7. The molecule has 0 aromatic rings. The molecular weight excluding hydrogens is 268 g/mol. The van der Waals surface area contributed by atoms with Crippen LogP contribution >= 0.6 is 0 Å². The highest BCUT2D eigenvalue weighted by Gasteiger charge is 2.38. The molecular formula is C16H28N2O3. The minimum atomic E-state index is -0.861. The highest BCUT2D eigenvalue weighted by Crippen LogP contribution is 2.29. The molecule has 2 N–H and O–H groups in total. The maximum atomic E-state index is 12.7. The van der Waals surface area contributed by atoms with Crippen molar-refractivity contribution in [1.82, 2.24) is 10.2 Å². The van der Waals surface area contributed by atoms with Gasteiger partial charge in [0.2, 0.25) is 11.8 Å². The summed E-state index contributed by atoms with van der Waals surface area (Å²) in [7, 11) is 0. The molecule has 0 radical (unpaired) electrons. The number of aliphatic hydroxyl groups is 1. The van der Waals surface area contributed by atoms with E-state index in [4.69, 9.17) is 0 Å². The van der Waals surface area contributed by atoms with Crippen LogP contribution in [0.5, 0.6) is 0 Å². The van der Waals surface area contributed by atoms with Crippen molar-refractivity contribution < 1.29 is 14.7 Å². The molecule has 1 aliphatic heterocycles. The molecule has 1 saturated heterocycles. The van der Waals surface area contributed by atoms with Crippen LogP contribution < -0.4 is 5.32 Å². The number of likely N-dealkylation sites (tertiary alicyclic amines) is 1. The Morgan fingerprint density at radius 3 is 2.43 bits per heavy atom. The van der Waals surface area contributed by atoms with Crippen molar-refractivity contribution in [2.24, 2.45) is 11.8 Å². The molecule has 120 valence electrons. The van der Waals surface area contributed by atoms with E-state index in [1.165, 1.54) is 0 Å². The summed E-state index contributed by atoms with van der Waals surface area (Å²) in [5.41, 5.74) is 0. The number of hydrogen-bond donors (Lipinski definition) is 2. The minimum Gasteiger partial charge on any atom is -0.391 e. The van der Waals surface area contributed by atoms with Crippen molar-refractivity contribution in [3.63, 3.8) is 0 Å². The molecule has 1 aliphatic carbocycles. The summed E-state index contributed by atoms with van der Waals surface area (Å²) in [4.78, 5) is 26.5. The molecule has 2 aliphatic rings. The molecule has 0 aromatic carbocycles. The summed E-state index contributed by atoms with van der Waals surface area (Å²) < 4.78 is 0. The maximum Gasteiger partial charge on any atom is 0.248 e. The van der Waals surface area contributed by atoms with Gasteiger partial charge in [0.25, 0.3) is 0 Å². The van der Waals surface area contributed by atoms with Crippen LogP contribution in [0.25, 0.3) is 0 Å². The number of hydrogen-bond acceptors (Lipinski definition) is 3. The standard InChI is InChI=1S/C16H28N2O3/c1-10(2)9-13-5-4-8-18(13)16(21)14(11(3)19)17-15(20)12-6-7-12/h10-14,19H,4-9H2,1-3H3,(H,17,20). The molecule has 3 atom stereocenters. The Morgan fingerprint density at radius 2 is 1.90 bits per heavy atom. The van der Waals surface area contributed by atoms with Crippen LogP contribution in [-0.4, -0.2) is 46.6 Å². The second-order valence-electron chi connectivity index (χ2n) is 6.96. The van der Waals surface area contributed by atoms with E-state index < -0.39 is 12.1 Å². The molecule has 2 rings (SSSR count). The normalized spacial score (nSPS) is 25.0. The summed E-state index contributed by atoms with van der Waals surface area (Å²) in [6.07, 6.45) is 3.94. The SMILES string of the molecule is CC(C)CC1CCCN1C(=O)C(NC(=O)C1CC1)C(C)O. The van der Waals surface area contributed by atoms with Gasteiger partial charge in [0, 0.05) is 18.5 Å². The fraction of sp³-hybridized carbons (Fsp3) is 0.875. The van der Waals surface area contributed by atoms with Crippen LogP contribution in [0.2, 0.25) is 0 Å². The van der Waals surface area contributed by atoms with Gasteiger partial charge in [-0.05, 0) is 44.9 Å². The summed E-state index contributed by atoms with van der Waals surface area (Å²) in [5, 5.41) is 12.6. The number of amides is 2. The molecule has 2 fully saturated rings. The second-order valence-corrected chi connectivity index (χ2v) is 6.96. The van der Waals surface area contributed by atoms with Crippen molar-refractivity contribution in [3.8, 4) is 0 Å². The topological polar surface area (TPSA) is 69.6 Å². The molecule has 5 nitrogen and oxygen atoms in total. The molecule has 1 heterocycles. The van der Waals surface area contributed by atoms with Gasteiger partial charge in [-0.25, -0.2) is 0 Å². The first kappa shape index (κ1) is 16.3. The molecule has 0 bridgehead atoms.